The number of nitrogens with one attached hydrogen (secondary N) is 1. The van der Waals surface area contributed by atoms with Gasteiger partial charge >= 0.3 is 5.63 Å². The fraction of sp³-hybridized carbons (Fsp3) is 0.100. The van der Waals surface area contributed by atoms with Crippen LogP contribution in [0.5, 0.6) is 0 Å². The number of benzene rings is 2. The molecule has 1 atom stereocenters. The average Bonchev–Trinajstić information content (AvgIpc) is 3.03. The van der Waals surface area contributed by atoms with Gasteiger partial charge in [0.05, 0.1) is 11.3 Å². The Kier molecular flexibility index (Phi) is 4.79. The monoisotopic (exact) mass is 396 g/mol. The summed E-state index contributed by atoms with van der Waals surface area (Å²) in [5.41, 5.74) is 0.0505. The number of fused-ring (bicyclic) bond motifs is 1. The van der Waals surface area contributed by atoms with Gasteiger partial charge in [-0.2, -0.15) is 0 Å². The van der Waals surface area contributed by atoms with Crippen LogP contribution in [0.15, 0.2) is 68.8 Å². The number of aliphatic imine (C=N–C) groups is 1. The van der Waals surface area contributed by atoms with Gasteiger partial charge in [-0.25, -0.2) is 14.2 Å². The van der Waals surface area contributed by atoms with Crippen LogP contribution < -0.4 is 10.9 Å². The van der Waals surface area contributed by atoms with E-state index in [0.29, 0.717) is 11.0 Å². The highest BCUT2D eigenvalue weighted by molar-refractivity contribution is 8.16. The highest BCUT2D eigenvalue weighted by Gasteiger charge is 2.32. The summed E-state index contributed by atoms with van der Waals surface area (Å²) in [6.45, 7) is 0. The maximum absolute atomic E-state index is 13.6. The lowest BCUT2D eigenvalue weighted by Crippen LogP contribution is -2.22. The Balaban J connectivity index is 1.50. The van der Waals surface area contributed by atoms with Crippen molar-refractivity contribution in [3.05, 3.63) is 76.4 Å². The second-order valence-electron chi connectivity index (χ2n) is 6.08. The van der Waals surface area contributed by atoms with Crippen LogP contribution in [0.2, 0.25) is 0 Å². The van der Waals surface area contributed by atoms with E-state index < -0.39 is 28.5 Å². The second kappa shape index (κ2) is 7.40. The molecule has 1 aliphatic heterocycles. The minimum atomic E-state index is -0.785. The Morgan fingerprint density at radius 3 is 2.71 bits per heavy atom. The van der Waals surface area contributed by atoms with Crippen molar-refractivity contribution in [2.24, 2.45) is 4.99 Å². The van der Waals surface area contributed by atoms with Crippen LogP contribution in [0.1, 0.15) is 12.0 Å². The quantitative estimate of drug-likeness (QED) is 0.683. The normalized spacial score (nSPS) is 16.2. The van der Waals surface area contributed by atoms with Crippen LogP contribution >= 0.6 is 11.8 Å². The predicted molar refractivity (Wildman–Crippen MR) is 105 cm³/mol. The summed E-state index contributed by atoms with van der Waals surface area (Å²) in [6.07, 6.45) is -0.191. The first-order valence-electron chi connectivity index (χ1n) is 8.38. The molecule has 0 spiro atoms. The summed E-state index contributed by atoms with van der Waals surface area (Å²) >= 11 is 1.02. The van der Waals surface area contributed by atoms with Gasteiger partial charge in [0.2, 0.25) is 5.91 Å². The molecule has 0 aliphatic carbocycles. The van der Waals surface area contributed by atoms with Gasteiger partial charge in [0.1, 0.15) is 21.7 Å². The zero-order valence-corrected chi connectivity index (χ0v) is 15.2. The lowest BCUT2D eigenvalue weighted by Gasteiger charge is -2.09. The van der Waals surface area contributed by atoms with Gasteiger partial charge in [-0.05, 0) is 24.3 Å². The maximum atomic E-state index is 13.6. The molecule has 28 heavy (non-hydrogen) atoms. The van der Waals surface area contributed by atoms with Crippen molar-refractivity contribution in [2.75, 3.05) is 5.32 Å². The third-order valence-electron chi connectivity index (χ3n) is 4.13. The number of hydrogen-bond donors (Lipinski definition) is 1. The van der Waals surface area contributed by atoms with Crippen LogP contribution in [-0.4, -0.2) is 22.1 Å². The van der Waals surface area contributed by atoms with Crippen molar-refractivity contribution >= 4 is 45.3 Å². The largest absolute Gasteiger partial charge is 0.422 e. The van der Waals surface area contributed by atoms with Gasteiger partial charge < -0.3 is 9.73 Å². The molecule has 3 aromatic rings. The molecule has 1 aliphatic rings. The van der Waals surface area contributed by atoms with Crippen molar-refractivity contribution in [3.8, 4) is 0 Å². The van der Waals surface area contributed by atoms with Gasteiger partial charge in [-0.1, -0.05) is 42.1 Å². The molecule has 2 amide bonds. The molecule has 2 heterocycles. The Morgan fingerprint density at radius 2 is 1.89 bits per heavy atom. The first-order valence-corrected chi connectivity index (χ1v) is 9.26. The van der Waals surface area contributed by atoms with Crippen LogP contribution in [0.3, 0.4) is 0 Å². The molecular weight excluding hydrogens is 383 g/mol. The SMILES string of the molecule is O=C(C[C@@H]1SC(c2cc3ccccc3oc2=O)=NC1=O)Nc1ccccc1F. The summed E-state index contributed by atoms with van der Waals surface area (Å²) in [5, 5.41) is 2.57. The number of rotatable bonds is 4. The lowest BCUT2D eigenvalue weighted by molar-refractivity contribution is -0.121. The molecule has 140 valence electrons. The van der Waals surface area contributed by atoms with E-state index in [4.69, 9.17) is 4.42 Å². The van der Waals surface area contributed by atoms with Crippen LogP contribution in [0, 0.1) is 5.82 Å². The molecule has 0 radical (unpaired) electrons. The second-order valence-corrected chi connectivity index (χ2v) is 7.27. The molecule has 4 rings (SSSR count). The molecule has 0 fully saturated rings. The molecule has 1 aromatic heterocycles. The Bertz CT molecular complexity index is 1190. The first-order chi connectivity index (χ1) is 13.5. The van der Waals surface area contributed by atoms with E-state index in [0.717, 1.165) is 11.8 Å². The summed E-state index contributed by atoms with van der Waals surface area (Å²) in [6, 6.07) is 14.4. The van der Waals surface area contributed by atoms with E-state index in [2.05, 4.69) is 10.3 Å². The third kappa shape index (κ3) is 3.59. The standard InChI is InChI=1S/C20H13FN2O4S/c21-13-6-2-3-7-14(13)22-17(24)10-16-18(25)23-19(28-16)12-9-11-5-1-4-8-15(11)27-20(12)26/h1-9,16H,10H2,(H,22,24)/t16-/m0/s1. The fourth-order valence-corrected chi connectivity index (χ4v) is 3.85. The lowest BCUT2D eigenvalue weighted by atomic mass is 10.2. The number of amides is 2. The summed E-state index contributed by atoms with van der Waals surface area (Å²) in [4.78, 5) is 40.5. The Labute approximate surface area is 162 Å². The number of thioether (sulfide) groups is 1. The highest BCUT2D eigenvalue weighted by atomic mass is 32.2. The summed E-state index contributed by atoms with van der Waals surface area (Å²) in [7, 11) is 0. The number of halogens is 1. The van der Waals surface area contributed by atoms with Crippen molar-refractivity contribution < 1.29 is 18.4 Å². The third-order valence-corrected chi connectivity index (χ3v) is 5.32. The van der Waals surface area contributed by atoms with Crippen LogP contribution in [-0.2, 0) is 9.59 Å². The van der Waals surface area contributed by atoms with Crippen molar-refractivity contribution in [1.29, 1.82) is 0 Å². The van der Waals surface area contributed by atoms with Crippen molar-refractivity contribution in [2.45, 2.75) is 11.7 Å². The summed E-state index contributed by atoms with van der Waals surface area (Å²) < 4.78 is 18.9. The number of hydrogen-bond acceptors (Lipinski definition) is 5. The van der Waals surface area contributed by atoms with E-state index in [-0.39, 0.29) is 22.7 Å². The maximum Gasteiger partial charge on any atom is 0.346 e. The van der Waals surface area contributed by atoms with Gasteiger partial charge in [-0.15, -0.1) is 0 Å². The zero-order chi connectivity index (χ0) is 19.7. The van der Waals surface area contributed by atoms with E-state index >= 15 is 0 Å². The van der Waals surface area contributed by atoms with Gasteiger partial charge in [0.15, 0.2) is 0 Å². The highest BCUT2D eigenvalue weighted by Crippen LogP contribution is 2.29. The van der Waals surface area contributed by atoms with Gasteiger partial charge in [0.25, 0.3) is 5.91 Å². The minimum absolute atomic E-state index is 0.0410. The molecule has 1 N–H and O–H groups in total. The number of carbonyl (C=O) groups is 2. The van der Waals surface area contributed by atoms with Crippen molar-refractivity contribution in [1.82, 2.24) is 0 Å². The predicted octanol–water partition coefficient (Wildman–Crippen LogP) is 3.35. The number of carbonyl (C=O) groups excluding carboxylic acids is 2. The number of para-hydroxylation sites is 2. The van der Waals surface area contributed by atoms with E-state index in [1.165, 1.54) is 18.2 Å². The molecular formula is C20H13FN2O4S. The number of nitrogens with zero attached hydrogens (tertiary/aromatic N) is 1. The molecule has 8 heteroatoms. The molecule has 0 bridgehead atoms. The smallest absolute Gasteiger partial charge is 0.346 e. The zero-order valence-electron chi connectivity index (χ0n) is 14.3. The van der Waals surface area contributed by atoms with Crippen molar-refractivity contribution in [3.63, 3.8) is 0 Å². The Morgan fingerprint density at radius 1 is 1.14 bits per heavy atom. The minimum Gasteiger partial charge on any atom is -0.422 e. The van der Waals surface area contributed by atoms with E-state index in [1.807, 2.05) is 0 Å². The summed E-state index contributed by atoms with van der Waals surface area (Å²) in [5.74, 6) is -1.60. The molecule has 2 aromatic carbocycles. The topological polar surface area (TPSA) is 88.7 Å². The molecule has 6 nitrogen and oxygen atoms in total. The molecule has 0 saturated heterocycles. The van der Waals surface area contributed by atoms with E-state index in [1.54, 1.807) is 36.4 Å². The fourth-order valence-electron chi connectivity index (χ4n) is 2.78. The first kappa shape index (κ1) is 18.1. The average molecular weight is 396 g/mol. The van der Waals surface area contributed by atoms with Crippen LogP contribution in [0.4, 0.5) is 10.1 Å². The van der Waals surface area contributed by atoms with E-state index in [9.17, 15) is 18.8 Å². The van der Waals surface area contributed by atoms with Gasteiger partial charge in [0, 0.05) is 11.8 Å². The van der Waals surface area contributed by atoms with Crippen LogP contribution in [0.25, 0.3) is 11.0 Å². The van der Waals surface area contributed by atoms with Gasteiger partial charge in [-0.3, -0.25) is 9.59 Å². The molecule has 0 saturated carbocycles. The Hall–Kier alpha value is -3.26. The molecule has 0 unspecified atom stereocenters. The number of anilines is 1.